The Labute approximate surface area is 357 Å². The van der Waals surface area contributed by atoms with E-state index in [0.29, 0.717) is 12.8 Å². The topological polar surface area (TPSA) is 131 Å². The quantitative estimate of drug-likeness (QED) is 0.0273. The predicted octanol–water partition coefficient (Wildman–Crippen LogP) is 13.6. The molecule has 0 aliphatic carbocycles. The lowest BCUT2D eigenvalue weighted by atomic mass is 10.0. The summed E-state index contributed by atoms with van der Waals surface area (Å²) < 4.78 is 22.2. The predicted molar refractivity (Wildman–Crippen MR) is 249 cm³/mol. The van der Waals surface area contributed by atoms with Gasteiger partial charge >= 0.3 is 7.82 Å². The van der Waals surface area contributed by atoms with Crippen molar-refractivity contribution in [1.29, 1.82) is 0 Å². The van der Waals surface area contributed by atoms with Crippen LogP contribution in [0.4, 0.5) is 0 Å². The van der Waals surface area contributed by atoms with E-state index in [9.17, 15) is 19.4 Å². The Hall–Kier alpha value is -2.06. The van der Waals surface area contributed by atoms with E-state index in [2.05, 4.69) is 79.9 Å². The van der Waals surface area contributed by atoms with Crippen LogP contribution in [0.3, 0.4) is 0 Å². The van der Waals surface area contributed by atoms with Gasteiger partial charge in [-0.15, -0.1) is 0 Å². The summed E-state index contributed by atoms with van der Waals surface area (Å²) in [6, 6.07) is -0.819. The summed E-state index contributed by atoms with van der Waals surface area (Å²) >= 11 is 0. The number of rotatable bonds is 43. The van der Waals surface area contributed by atoms with Gasteiger partial charge in [-0.3, -0.25) is 13.8 Å². The smallest absolute Gasteiger partial charge is 0.391 e. The number of carbonyl (C=O) groups is 1. The number of unbranched alkanes of at least 4 members (excludes halogenated alkanes) is 19. The van der Waals surface area contributed by atoms with Crippen molar-refractivity contribution in [3.8, 4) is 0 Å². The summed E-state index contributed by atoms with van der Waals surface area (Å²) in [7, 11) is -4.34. The third kappa shape index (κ3) is 42.1. The third-order valence-electron chi connectivity index (χ3n) is 10.1. The van der Waals surface area contributed by atoms with Crippen molar-refractivity contribution in [3.05, 3.63) is 72.9 Å². The van der Waals surface area contributed by atoms with Crippen LogP contribution in [0, 0.1) is 0 Å². The molecule has 0 aliphatic rings. The maximum Gasteiger partial charge on any atom is 0.472 e. The molecule has 58 heavy (non-hydrogen) atoms. The summed E-state index contributed by atoms with van der Waals surface area (Å²) in [5, 5.41) is 13.8. The molecule has 0 radical (unpaired) electrons. The van der Waals surface area contributed by atoms with Gasteiger partial charge in [-0.2, -0.15) is 0 Å². The molecule has 1 amide bonds. The molecule has 0 rings (SSSR count). The minimum absolute atomic E-state index is 0.0741. The number of aliphatic hydroxyl groups excluding tert-OH is 1. The van der Waals surface area contributed by atoms with E-state index < -0.39 is 20.0 Å². The molecular weight excluding hydrogens is 744 g/mol. The maximum absolute atomic E-state index is 12.8. The van der Waals surface area contributed by atoms with Gasteiger partial charge in [0.1, 0.15) is 0 Å². The third-order valence-corrected chi connectivity index (χ3v) is 11.1. The van der Waals surface area contributed by atoms with Crippen LogP contribution in [0.15, 0.2) is 72.9 Å². The number of hydrogen-bond donors (Lipinski definition) is 4. The van der Waals surface area contributed by atoms with Crippen molar-refractivity contribution in [2.45, 2.75) is 212 Å². The van der Waals surface area contributed by atoms with E-state index in [1.54, 1.807) is 0 Å². The van der Waals surface area contributed by atoms with Gasteiger partial charge in [-0.05, 0) is 51.4 Å². The van der Waals surface area contributed by atoms with Gasteiger partial charge in [0, 0.05) is 13.0 Å². The molecule has 3 unspecified atom stereocenters. The van der Waals surface area contributed by atoms with Gasteiger partial charge in [-0.1, -0.05) is 215 Å². The molecule has 336 valence electrons. The van der Waals surface area contributed by atoms with Gasteiger partial charge in [0.25, 0.3) is 0 Å². The summed E-state index contributed by atoms with van der Waals surface area (Å²) in [5.74, 6) is -0.244. The average molecular weight is 833 g/mol. The summed E-state index contributed by atoms with van der Waals surface area (Å²) in [5.41, 5.74) is 5.38. The number of nitrogens with two attached hydrogens (primary N) is 1. The number of hydrogen-bond acceptors (Lipinski definition) is 6. The number of amides is 1. The Bertz CT molecular complexity index is 1130. The number of carbonyl (C=O) groups excluding carboxylic acids is 1. The fourth-order valence-corrected chi connectivity index (χ4v) is 7.33. The fourth-order valence-electron chi connectivity index (χ4n) is 6.57. The first-order valence-electron chi connectivity index (χ1n) is 23.6. The van der Waals surface area contributed by atoms with E-state index in [4.69, 9.17) is 14.8 Å². The highest BCUT2D eigenvalue weighted by atomic mass is 31.2. The monoisotopic (exact) mass is 833 g/mol. The van der Waals surface area contributed by atoms with Crippen molar-refractivity contribution >= 4 is 13.7 Å². The van der Waals surface area contributed by atoms with Crippen LogP contribution in [0.25, 0.3) is 0 Å². The van der Waals surface area contributed by atoms with Crippen LogP contribution < -0.4 is 11.1 Å². The van der Waals surface area contributed by atoms with Gasteiger partial charge in [0.05, 0.1) is 25.4 Å². The van der Waals surface area contributed by atoms with E-state index in [1.165, 1.54) is 109 Å². The number of allylic oxidation sites excluding steroid dienone is 12. The van der Waals surface area contributed by atoms with E-state index in [-0.39, 0.29) is 32.1 Å². The SMILES string of the molecule is CC/C=C\C/C=C\C/C=C\C/C=C\C/C=C\C/C=C\CCC(=O)NC(COP(=O)(O)OCCN)C(O)CCCCCCCCCCCCCCCCCCCCCC. The first-order chi connectivity index (χ1) is 28.4. The highest BCUT2D eigenvalue weighted by Crippen LogP contribution is 2.43. The standard InChI is InChI=1S/C49H89N2O6P/c1-3-5-7-9-11-13-15-17-19-21-23-25-26-28-30-32-34-36-38-40-42-48(52)47(46-57-58(54,55)56-45-44-50)51-49(53)43-41-39-37-35-33-31-29-27-24-22-20-18-16-14-12-10-8-6-4-2/h6,8,12,14,18,20,24,27,31,33,37,39,47-48,52H,3-5,7,9-11,13,15-17,19,21-23,25-26,28-30,32,34-36,38,40-46,50H2,1-2H3,(H,51,53)(H,54,55)/b8-6-,14-12-,20-18-,27-24-,33-31-,39-37-. The van der Waals surface area contributed by atoms with Crippen LogP contribution in [-0.4, -0.2) is 47.8 Å². The van der Waals surface area contributed by atoms with Gasteiger partial charge in [-0.25, -0.2) is 4.57 Å². The van der Waals surface area contributed by atoms with Gasteiger partial charge in [0.15, 0.2) is 0 Å². The van der Waals surface area contributed by atoms with Gasteiger partial charge in [0.2, 0.25) is 5.91 Å². The zero-order valence-electron chi connectivity index (χ0n) is 37.3. The second kappa shape index (κ2) is 44.5. The maximum atomic E-state index is 12.8. The number of phosphoric acid groups is 1. The molecule has 3 atom stereocenters. The van der Waals surface area contributed by atoms with Crippen molar-refractivity contribution in [1.82, 2.24) is 5.32 Å². The molecule has 9 heteroatoms. The molecule has 0 fully saturated rings. The molecule has 8 nitrogen and oxygen atoms in total. The van der Waals surface area contributed by atoms with Crippen molar-refractivity contribution in [2.75, 3.05) is 19.8 Å². The van der Waals surface area contributed by atoms with E-state index in [0.717, 1.165) is 57.8 Å². The second-order valence-electron chi connectivity index (χ2n) is 15.6. The van der Waals surface area contributed by atoms with Crippen LogP contribution >= 0.6 is 7.82 Å². The Morgan fingerprint density at radius 3 is 1.36 bits per heavy atom. The van der Waals surface area contributed by atoms with Gasteiger partial charge < -0.3 is 21.1 Å². The van der Waals surface area contributed by atoms with E-state index >= 15 is 0 Å². The molecule has 0 aromatic heterocycles. The lowest BCUT2D eigenvalue weighted by molar-refractivity contribution is -0.123. The fraction of sp³-hybridized carbons (Fsp3) is 0.735. The van der Waals surface area contributed by atoms with E-state index in [1.807, 2.05) is 12.2 Å². The first-order valence-corrected chi connectivity index (χ1v) is 25.0. The van der Waals surface area contributed by atoms with Crippen molar-refractivity contribution < 1.29 is 28.4 Å². The highest BCUT2D eigenvalue weighted by Gasteiger charge is 2.27. The zero-order chi connectivity index (χ0) is 42.5. The zero-order valence-corrected chi connectivity index (χ0v) is 38.2. The number of aliphatic hydroxyl groups is 1. The van der Waals surface area contributed by atoms with Crippen LogP contribution in [-0.2, 0) is 18.4 Å². The minimum Gasteiger partial charge on any atom is -0.391 e. The summed E-state index contributed by atoms with van der Waals surface area (Å²) in [6.07, 6.45) is 57.9. The molecule has 0 saturated carbocycles. The normalized spacial score (nSPS) is 14.6. The highest BCUT2D eigenvalue weighted by molar-refractivity contribution is 7.47. The Morgan fingerprint density at radius 2 is 0.966 bits per heavy atom. The molecule has 0 aliphatic heterocycles. The molecule has 0 bridgehead atoms. The number of phosphoric ester groups is 1. The van der Waals surface area contributed by atoms with Crippen molar-refractivity contribution in [2.24, 2.45) is 5.73 Å². The molecule has 0 saturated heterocycles. The molecule has 0 heterocycles. The second-order valence-corrected chi connectivity index (χ2v) is 17.0. The molecule has 0 aromatic rings. The van der Waals surface area contributed by atoms with Crippen LogP contribution in [0.1, 0.15) is 200 Å². The largest absolute Gasteiger partial charge is 0.472 e. The summed E-state index contributed by atoms with van der Waals surface area (Å²) in [4.78, 5) is 22.7. The minimum atomic E-state index is -4.34. The Kier molecular flexibility index (Phi) is 42.9. The molecule has 5 N–H and O–H groups in total. The van der Waals surface area contributed by atoms with Crippen LogP contribution in [0.5, 0.6) is 0 Å². The first kappa shape index (κ1) is 55.9. The Morgan fingerprint density at radius 1 is 0.586 bits per heavy atom. The summed E-state index contributed by atoms with van der Waals surface area (Å²) in [6.45, 7) is 4.04. The lowest BCUT2D eigenvalue weighted by Crippen LogP contribution is -2.46. The Balaban J connectivity index is 4.24. The number of nitrogens with one attached hydrogen (secondary N) is 1. The molecule has 0 aromatic carbocycles. The lowest BCUT2D eigenvalue weighted by Gasteiger charge is -2.25. The molecule has 0 spiro atoms. The van der Waals surface area contributed by atoms with Crippen molar-refractivity contribution in [3.63, 3.8) is 0 Å². The van der Waals surface area contributed by atoms with Crippen LogP contribution in [0.2, 0.25) is 0 Å². The molecular formula is C49H89N2O6P. The average Bonchev–Trinajstić information content (AvgIpc) is 3.21.